The molecule has 0 aliphatic rings. The van der Waals surface area contributed by atoms with E-state index in [-0.39, 0.29) is 17.8 Å². The summed E-state index contributed by atoms with van der Waals surface area (Å²) in [4.78, 5) is 11.1. The van der Waals surface area contributed by atoms with Crippen LogP contribution in [0.3, 0.4) is 0 Å². The molecule has 1 atom stereocenters. The minimum atomic E-state index is -0.321. The van der Waals surface area contributed by atoms with Crippen LogP contribution in [0.2, 0.25) is 0 Å². The van der Waals surface area contributed by atoms with E-state index < -0.39 is 0 Å². The molecule has 116 valence electrons. The minimum Gasteiger partial charge on any atom is -0.397 e. The number of nitrogens with one attached hydrogen (secondary N) is 2. The molecule has 0 fully saturated rings. The number of nitrogen functional groups attached to an aromatic ring is 1. The van der Waals surface area contributed by atoms with Gasteiger partial charge in [-0.1, -0.05) is 6.07 Å². The van der Waals surface area contributed by atoms with Gasteiger partial charge in [0.1, 0.15) is 5.82 Å². The van der Waals surface area contributed by atoms with Crippen LogP contribution in [0.15, 0.2) is 40.9 Å². The zero-order valence-corrected chi connectivity index (χ0v) is 13.9. The summed E-state index contributed by atoms with van der Waals surface area (Å²) in [7, 11) is 0. The lowest BCUT2D eigenvalue weighted by Gasteiger charge is -2.16. The van der Waals surface area contributed by atoms with Gasteiger partial charge >= 0.3 is 0 Å². The van der Waals surface area contributed by atoms with Crippen LogP contribution in [0.5, 0.6) is 0 Å². The van der Waals surface area contributed by atoms with Gasteiger partial charge in [0.15, 0.2) is 0 Å². The smallest absolute Gasteiger partial charge is 0.217 e. The molecule has 0 radical (unpaired) electrons. The fraction of sp³-hybridized carbons (Fsp3) is 0.188. The lowest BCUT2D eigenvalue weighted by Crippen LogP contribution is -2.23. The highest BCUT2D eigenvalue weighted by atomic mass is 79.9. The molecule has 0 heterocycles. The highest BCUT2D eigenvalue weighted by molar-refractivity contribution is 9.10. The van der Waals surface area contributed by atoms with Crippen LogP contribution in [-0.2, 0) is 4.79 Å². The van der Waals surface area contributed by atoms with Crippen LogP contribution in [0.1, 0.15) is 25.5 Å². The Kier molecular flexibility index (Phi) is 5.03. The van der Waals surface area contributed by atoms with Crippen LogP contribution in [0.25, 0.3) is 0 Å². The molecule has 2 aromatic carbocycles. The molecule has 0 aliphatic heterocycles. The van der Waals surface area contributed by atoms with Gasteiger partial charge in [-0.25, -0.2) is 4.39 Å². The topological polar surface area (TPSA) is 67.2 Å². The van der Waals surface area contributed by atoms with E-state index in [1.165, 1.54) is 13.0 Å². The van der Waals surface area contributed by atoms with Crippen molar-refractivity contribution in [1.82, 2.24) is 5.32 Å². The Morgan fingerprint density at radius 2 is 2.00 bits per heavy atom. The molecule has 0 spiro atoms. The van der Waals surface area contributed by atoms with Crippen LogP contribution in [-0.4, -0.2) is 5.91 Å². The molecule has 0 aromatic heterocycles. The number of benzene rings is 2. The molecule has 6 heteroatoms. The van der Waals surface area contributed by atoms with E-state index >= 15 is 0 Å². The summed E-state index contributed by atoms with van der Waals surface area (Å²) in [5.41, 5.74) is 8.96. The Morgan fingerprint density at radius 3 is 2.59 bits per heavy atom. The van der Waals surface area contributed by atoms with Crippen molar-refractivity contribution >= 4 is 38.9 Å². The molecule has 0 bridgehead atoms. The van der Waals surface area contributed by atoms with Gasteiger partial charge in [0.2, 0.25) is 5.91 Å². The molecule has 2 rings (SSSR count). The van der Waals surface area contributed by atoms with Gasteiger partial charge in [-0.3, -0.25) is 4.79 Å². The number of carbonyl (C=O) groups excluding carboxylic acids is 1. The van der Waals surface area contributed by atoms with Crippen LogP contribution in [0.4, 0.5) is 21.5 Å². The van der Waals surface area contributed by atoms with Crippen molar-refractivity contribution in [2.45, 2.75) is 19.9 Å². The van der Waals surface area contributed by atoms with E-state index in [2.05, 4.69) is 26.6 Å². The molecule has 2 aromatic rings. The molecule has 0 saturated heterocycles. The third-order valence-electron chi connectivity index (χ3n) is 3.19. The van der Waals surface area contributed by atoms with Crippen molar-refractivity contribution in [3.8, 4) is 0 Å². The average molecular weight is 366 g/mol. The van der Waals surface area contributed by atoms with Crippen molar-refractivity contribution in [2.75, 3.05) is 11.1 Å². The Labute approximate surface area is 137 Å². The zero-order chi connectivity index (χ0) is 16.3. The number of hydrogen-bond acceptors (Lipinski definition) is 3. The summed E-state index contributed by atoms with van der Waals surface area (Å²) < 4.78 is 13.6. The highest BCUT2D eigenvalue weighted by Crippen LogP contribution is 2.28. The van der Waals surface area contributed by atoms with E-state index in [0.29, 0.717) is 10.2 Å². The van der Waals surface area contributed by atoms with Gasteiger partial charge in [0, 0.05) is 12.6 Å². The van der Waals surface area contributed by atoms with Crippen LogP contribution in [0, 0.1) is 5.82 Å². The summed E-state index contributed by atoms with van der Waals surface area (Å²) in [5, 5.41) is 5.94. The fourth-order valence-electron chi connectivity index (χ4n) is 2.08. The fourth-order valence-corrected chi connectivity index (χ4v) is 2.46. The predicted molar refractivity (Wildman–Crippen MR) is 90.5 cm³/mol. The van der Waals surface area contributed by atoms with Crippen molar-refractivity contribution in [1.29, 1.82) is 0 Å². The molecular weight excluding hydrogens is 349 g/mol. The first-order valence-corrected chi connectivity index (χ1v) is 7.54. The largest absolute Gasteiger partial charge is 0.397 e. The number of amides is 1. The number of hydrogen-bond donors (Lipinski definition) is 3. The van der Waals surface area contributed by atoms with Gasteiger partial charge < -0.3 is 16.4 Å². The summed E-state index contributed by atoms with van der Waals surface area (Å²) in [6.07, 6.45) is 0. The molecule has 4 nitrogen and oxygen atoms in total. The first kappa shape index (κ1) is 16.3. The second-order valence-electron chi connectivity index (χ2n) is 5.02. The first-order valence-electron chi connectivity index (χ1n) is 6.75. The second kappa shape index (κ2) is 6.79. The lowest BCUT2D eigenvalue weighted by atomic mass is 10.1. The quantitative estimate of drug-likeness (QED) is 0.714. The highest BCUT2D eigenvalue weighted by Gasteiger charge is 2.09. The summed E-state index contributed by atoms with van der Waals surface area (Å²) in [6.45, 7) is 3.36. The third kappa shape index (κ3) is 3.98. The number of carbonyl (C=O) groups is 1. The Hall–Kier alpha value is -2.08. The Morgan fingerprint density at radius 1 is 1.27 bits per heavy atom. The molecular formula is C16H17BrFN3O. The van der Waals surface area contributed by atoms with Gasteiger partial charge in [0.05, 0.1) is 21.9 Å². The lowest BCUT2D eigenvalue weighted by molar-refractivity contribution is -0.119. The molecule has 4 N–H and O–H groups in total. The number of halogens is 2. The summed E-state index contributed by atoms with van der Waals surface area (Å²) in [6, 6.07) is 10.1. The monoisotopic (exact) mass is 365 g/mol. The van der Waals surface area contributed by atoms with Gasteiger partial charge in [-0.2, -0.15) is 0 Å². The second-order valence-corrected chi connectivity index (χ2v) is 5.88. The van der Waals surface area contributed by atoms with Gasteiger partial charge in [-0.15, -0.1) is 0 Å². The summed E-state index contributed by atoms with van der Waals surface area (Å²) in [5.74, 6) is -0.414. The molecule has 1 amide bonds. The molecule has 1 unspecified atom stereocenters. The zero-order valence-electron chi connectivity index (χ0n) is 12.3. The predicted octanol–water partition coefficient (Wildman–Crippen LogP) is 4.11. The van der Waals surface area contributed by atoms with Crippen molar-refractivity contribution in [3.63, 3.8) is 0 Å². The van der Waals surface area contributed by atoms with Gasteiger partial charge in [-0.05, 0) is 58.7 Å². The molecule has 22 heavy (non-hydrogen) atoms. The minimum absolute atomic E-state index is 0.0931. The van der Waals surface area contributed by atoms with E-state index in [1.54, 1.807) is 12.1 Å². The number of anilines is 3. The first-order chi connectivity index (χ1) is 10.4. The normalized spacial score (nSPS) is 11.8. The van der Waals surface area contributed by atoms with Crippen LogP contribution < -0.4 is 16.4 Å². The molecule has 0 saturated carbocycles. The van der Waals surface area contributed by atoms with Crippen molar-refractivity contribution in [2.24, 2.45) is 0 Å². The maximum atomic E-state index is 13.2. The SMILES string of the molecule is CC(=O)NC(C)c1ccc(Nc2ccc(F)c(Br)c2)c(N)c1. The molecule has 0 aliphatic carbocycles. The third-order valence-corrected chi connectivity index (χ3v) is 3.80. The van der Waals surface area contributed by atoms with Gasteiger partial charge in [0.25, 0.3) is 0 Å². The van der Waals surface area contributed by atoms with Crippen molar-refractivity contribution in [3.05, 3.63) is 52.3 Å². The average Bonchev–Trinajstić information content (AvgIpc) is 2.44. The Bertz CT molecular complexity index is 706. The number of rotatable bonds is 4. The van der Waals surface area contributed by atoms with E-state index in [0.717, 1.165) is 16.9 Å². The van der Waals surface area contributed by atoms with Crippen LogP contribution >= 0.6 is 15.9 Å². The Balaban J connectivity index is 2.19. The number of nitrogens with two attached hydrogens (primary N) is 1. The van der Waals surface area contributed by atoms with E-state index in [9.17, 15) is 9.18 Å². The van der Waals surface area contributed by atoms with E-state index in [4.69, 9.17) is 5.73 Å². The maximum Gasteiger partial charge on any atom is 0.217 e. The maximum absolute atomic E-state index is 13.2. The van der Waals surface area contributed by atoms with Crippen molar-refractivity contribution < 1.29 is 9.18 Å². The van der Waals surface area contributed by atoms with E-state index in [1.807, 2.05) is 25.1 Å². The summed E-state index contributed by atoms with van der Waals surface area (Å²) >= 11 is 3.15. The standard InChI is InChI=1S/C16H17BrFN3O/c1-9(20-10(2)22)11-3-6-16(15(19)7-11)21-12-4-5-14(18)13(17)8-12/h3-9,21H,19H2,1-2H3,(H,20,22).